The van der Waals surface area contributed by atoms with Gasteiger partial charge in [-0.15, -0.1) is 5.10 Å². The molecule has 3 rings (SSSR count). The van der Waals surface area contributed by atoms with Crippen molar-refractivity contribution in [1.82, 2.24) is 20.2 Å². The van der Waals surface area contributed by atoms with Crippen molar-refractivity contribution in [1.29, 1.82) is 0 Å². The summed E-state index contributed by atoms with van der Waals surface area (Å²) in [6.45, 7) is 1.73. The van der Waals surface area contributed by atoms with E-state index in [1.54, 1.807) is 37.3 Å². The number of amides is 1. The maximum atomic E-state index is 12.5. The van der Waals surface area contributed by atoms with Gasteiger partial charge in [0.1, 0.15) is 5.75 Å². The number of nitrogens with zero attached hydrogens (tertiary/aromatic N) is 4. The van der Waals surface area contributed by atoms with Crippen LogP contribution in [0, 0.1) is 0 Å². The third-order valence-corrected chi connectivity index (χ3v) is 4.97. The fourth-order valence-electron chi connectivity index (χ4n) is 2.05. The van der Waals surface area contributed by atoms with Gasteiger partial charge in [0.05, 0.1) is 21.6 Å². The van der Waals surface area contributed by atoms with Crippen LogP contribution < -0.4 is 5.32 Å². The van der Waals surface area contributed by atoms with Crippen molar-refractivity contribution in [2.75, 3.05) is 5.32 Å². The number of aromatic hydroxyl groups is 1. The molecule has 2 N–H and O–H groups in total. The number of carbonyl (C=O) groups is 1. The van der Waals surface area contributed by atoms with Gasteiger partial charge >= 0.3 is 0 Å². The molecule has 10 heteroatoms. The van der Waals surface area contributed by atoms with Crippen LogP contribution >= 0.6 is 35.0 Å². The summed E-state index contributed by atoms with van der Waals surface area (Å²) in [5.74, 6) is -0.124. The van der Waals surface area contributed by atoms with E-state index in [9.17, 15) is 9.90 Å². The number of halogens is 2. The highest BCUT2D eigenvalue weighted by molar-refractivity contribution is 8.00. The first-order chi connectivity index (χ1) is 12.4. The van der Waals surface area contributed by atoms with Gasteiger partial charge in [-0.05, 0) is 59.8 Å². The number of tetrazole rings is 1. The third kappa shape index (κ3) is 4.27. The predicted octanol–water partition coefficient (Wildman–Crippen LogP) is 3.79. The van der Waals surface area contributed by atoms with E-state index in [-0.39, 0.29) is 11.7 Å². The lowest BCUT2D eigenvalue weighted by molar-refractivity contribution is -0.115. The average molecular weight is 410 g/mol. The van der Waals surface area contributed by atoms with Crippen LogP contribution in [-0.2, 0) is 4.79 Å². The van der Waals surface area contributed by atoms with Crippen molar-refractivity contribution in [3.8, 4) is 11.4 Å². The first-order valence-electron chi connectivity index (χ1n) is 7.44. The molecule has 1 heterocycles. The van der Waals surface area contributed by atoms with Gasteiger partial charge in [0.25, 0.3) is 0 Å². The Morgan fingerprint density at radius 2 is 1.96 bits per heavy atom. The maximum Gasteiger partial charge on any atom is 0.237 e. The van der Waals surface area contributed by atoms with Crippen LogP contribution in [0.4, 0.5) is 5.69 Å². The molecular formula is C16H13Cl2N5O2S. The van der Waals surface area contributed by atoms with Gasteiger partial charge in [0.15, 0.2) is 0 Å². The standard InChI is InChI=1S/C16H13Cl2N5O2S/c1-9(15(25)19-14-8-10(17)2-7-13(14)18)26-16-20-21-22-23(16)11-3-5-12(24)6-4-11/h2-9,24H,1H3,(H,19,25)/t9-/m0/s1. The summed E-state index contributed by atoms with van der Waals surface area (Å²) in [6.07, 6.45) is 0. The number of carbonyl (C=O) groups excluding carboxylic acids is 1. The van der Waals surface area contributed by atoms with E-state index in [1.807, 2.05) is 0 Å². The quantitative estimate of drug-likeness (QED) is 0.622. The van der Waals surface area contributed by atoms with Crippen LogP contribution in [0.15, 0.2) is 47.6 Å². The number of anilines is 1. The summed E-state index contributed by atoms with van der Waals surface area (Å²) in [5, 5.41) is 24.5. The lowest BCUT2D eigenvalue weighted by Gasteiger charge is -2.13. The van der Waals surface area contributed by atoms with Gasteiger partial charge in [-0.3, -0.25) is 4.79 Å². The smallest absolute Gasteiger partial charge is 0.237 e. The van der Waals surface area contributed by atoms with E-state index in [0.29, 0.717) is 26.6 Å². The highest BCUT2D eigenvalue weighted by Crippen LogP contribution is 2.28. The Bertz CT molecular complexity index is 933. The third-order valence-electron chi connectivity index (χ3n) is 3.37. The van der Waals surface area contributed by atoms with Gasteiger partial charge in [-0.2, -0.15) is 4.68 Å². The molecule has 2 aromatic carbocycles. The molecule has 0 spiro atoms. The van der Waals surface area contributed by atoms with Crippen LogP contribution in [0.1, 0.15) is 6.92 Å². The molecule has 134 valence electrons. The van der Waals surface area contributed by atoms with Crippen molar-refractivity contribution in [2.45, 2.75) is 17.3 Å². The van der Waals surface area contributed by atoms with E-state index in [4.69, 9.17) is 23.2 Å². The topological polar surface area (TPSA) is 92.9 Å². The second-order valence-corrected chi connectivity index (χ2v) is 7.41. The molecule has 0 bridgehead atoms. The van der Waals surface area contributed by atoms with Gasteiger partial charge < -0.3 is 10.4 Å². The number of thioether (sulfide) groups is 1. The molecule has 7 nitrogen and oxygen atoms in total. The Hall–Kier alpha value is -2.29. The van der Waals surface area contributed by atoms with E-state index in [2.05, 4.69) is 20.8 Å². The van der Waals surface area contributed by atoms with Gasteiger partial charge in [0, 0.05) is 5.02 Å². The second kappa shape index (κ2) is 7.94. The zero-order valence-electron chi connectivity index (χ0n) is 13.4. The van der Waals surface area contributed by atoms with Crippen molar-refractivity contribution in [3.05, 3.63) is 52.5 Å². The first kappa shape index (κ1) is 18.5. The zero-order valence-corrected chi connectivity index (χ0v) is 15.8. The van der Waals surface area contributed by atoms with E-state index < -0.39 is 5.25 Å². The minimum Gasteiger partial charge on any atom is -0.508 e. The molecule has 0 saturated carbocycles. The largest absolute Gasteiger partial charge is 0.508 e. The summed E-state index contributed by atoms with van der Waals surface area (Å²) in [5.41, 5.74) is 1.11. The Labute approximate surface area is 163 Å². The summed E-state index contributed by atoms with van der Waals surface area (Å²) in [7, 11) is 0. The molecular weight excluding hydrogens is 397 g/mol. The van der Waals surface area contributed by atoms with E-state index in [1.165, 1.54) is 28.6 Å². The number of aromatic nitrogens is 4. The zero-order chi connectivity index (χ0) is 18.7. The summed E-state index contributed by atoms with van der Waals surface area (Å²) < 4.78 is 1.49. The van der Waals surface area contributed by atoms with Crippen LogP contribution in [0.2, 0.25) is 10.0 Å². The predicted molar refractivity (Wildman–Crippen MR) is 101 cm³/mol. The number of benzene rings is 2. The molecule has 0 saturated heterocycles. The molecule has 0 unspecified atom stereocenters. The summed E-state index contributed by atoms with van der Waals surface area (Å²) >= 11 is 13.2. The molecule has 1 amide bonds. The molecule has 0 aliphatic heterocycles. The molecule has 0 radical (unpaired) electrons. The molecule has 3 aromatic rings. The van der Waals surface area contributed by atoms with Gasteiger partial charge in [-0.1, -0.05) is 35.0 Å². The fraction of sp³-hybridized carbons (Fsp3) is 0.125. The molecule has 26 heavy (non-hydrogen) atoms. The molecule has 0 aliphatic carbocycles. The Balaban J connectivity index is 1.73. The number of rotatable bonds is 5. The Morgan fingerprint density at radius 3 is 2.69 bits per heavy atom. The minimum absolute atomic E-state index is 0.141. The summed E-state index contributed by atoms with van der Waals surface area (Å²) in [4.78, 5) is 12.5. The molecule has 1 atom stereocenters. The maximum absolute atomic E-state index is 12.5. The van der Waals surface area contributed by atoms with Crippen molar-refractivity contribution < 1.29 is 9.90 Å². The van der Waals surface area contributed by atoms with Crippen molar-refractivity contribution in [2.24, 2.45) is 0 Å². The number of phenols is 1. The number of phenolic OH excluding ortho intramolecular Hbond substituents is 1. The van der Waals surface area contributed by atoms with Gasteiger partial charge in [-0.25, -0.2) is 0 Å². The monoisotopic (exact) mass is 409 g/mol. The van der Waals surface area contributed by atoms with Crippen molar-refractivity contribution in [3.63, 3.8) is 0 Å². The minimum atomic E-state index is -0.494. The number of hydrogen-bond acceptors (Lipinski definition) is 6. The normalized spacial score (nSPS) is 12.0. The first-order valence-corrected chi connectivity index (χ1v) is 9.08. The summed E-state index contributed by atoms with van der Waals surface area (Å²) in [6, 6.07) is 11.2. The van der Waals surface area contributed by atoms with Crippen LogP contribution in [0.3, 0.4) is 0 Å². The molecule has 0 fully saturated rings. The fourth-order valence-corrected chi connectivity index (χ4v) is 3.19. The highest BCUT2D eigenvalue weighted by Gasteiger charge is 2.20. The van der Waals surface area contributed by atoms with Gasteiger partial charge in [0.2, 0.25) is 11.1 Å². The second-order valence-electron chi connectivity index (χ2n) is 5.26. The lowest BCUT2D eigenvalue weighted by atomic mass is 10.3. The van der Waals surface area contributed by atoms with Crippen LogP contribution in [0.5, 0.6) is 5.75 Å². The molecule has 1 aromatic heterocycles. The average Bonchev–Trinajstić information content (AvgIpc) is 3.07. The number of hydrogen-bond donors (Lipinski definition) is 2. The van der Waals surface area contributed by atoms with Crippen LogP contribution in [0.25, 0.3) is 5.69 Å². The molecule has 0 aliphatic rings. The SMILES string of the molecule is C[C@H](Sc1nnnn1-c1ccc(O)cc1)C(=O)Nc1cc(Cl)ccc1Cl. The van der Waals surface area contributed by atoms with E-state index >= 15 is 0 Å². The van der Waals surface area contributed by atoms with Crippen LogP contribution in [-0.4, -0.2) is 36.5 Å². The highest BCUT2D eigenvalue weighted by atomic mass is 35.5. The lowest BCUT2D eigenvalue weighted by Crippen LogP contribution is -2.23. The Morgan fingerprint density at radius 1 is 1.23 bits per heavy atom. The Kier molecular flexibility index (Phi) is 5.65. The number of nitrogens with one attached hydrogen (secondary N) is 1. The van der Waals surface area contributed by atoms with E-state index in [0.717, 1.165) is 0 Å². The van der Waals surface area contributed by atoms with Crippen molar-refractivity contribution >= 4 is 46.6 Å².